The molecule has 0 atom stereocenters. The monoisotopic (exact) mass is 427 g/mol. The first-order valence-electron chi connectivity index (χ1n) is 10.2. The smallest absolute Gasteiger partial charge is 0.261 e. The molecule has 0 bridgehead atoms. The van der Waals surface area contributed by atoms with Gasteiger partial charge >= 0.3 is 0 Å². The van der Waals surface area contributed by atoms with Gasteiger partial charge in [-0.25, -0.2) is 8.42 Å². The number of sulfonamides is 1. The van der Waals surface area contributed by atoms with E-state index in [-0.39, 0.29) is 22.6 Å². The lowest BCUT2D eigenvalue weighted by atomic mass is 10.1. The number of carbonyl (C=O) groups excluding carboxylic acids is 2. The zero-order valence-electron chi connectivity index (χ0n) is 16.8. The first kappa shape index (κ1) is 20.4. The number of hydrogen-bond donors (Lipinski definition) is 2. The summed E-state index contributed by atoms with van der Waals surface area (Å²) in [5, 5.41) is 2.74. The van der Waals surface area contributed by atoms with E-state index in [0.29, 0.717) is 24.3 Å². The van der Waals surface area contributed by atoms with E-state index in [0.717, 1.165) is 36.9 Å². The van der Waals surface area contributed by atoms with Crippen LogP contribution in [0.1, 0.15) is 38.2 Å². The summed E-state index contributed by atoms with van der Waals surface area (Å²) in [7, 11) is -3.76. The van der Waals surface area contributed by atoms with Gasteiger partial charge in [0.05, 0.1) is 4.90 Å². The van der Waals surface area contributed by atoms with E-state index in [1.54, 1.807) is 24.3 Å². The maximum Gasteiger partial charge on any atom is 0.261 e. The molecule has 0 aromatic heterocycles. The Morgan fingerprint density at radius 2 is 1.77 bits per heavy atom. The van der Waals surface area contributed by atoms with Crippen molar-refractivity contribution in [3.63, 3.8) is 0 Å². The molecule has 2 N–H and O–H groups in total. The number of carbonyl (C=O) groups is 2. The van der Waals surface area contributed by atoms with Crippen molar-refractivity contribution in [1.82, 2.24) is 0 Å². The van der Waals surface area contributed by atoms with Gasteiger partial charge in [-0.2, -0.15) is 0 Å². The predicted octanol–water partition coefficient (Wildman–Crippen LogP) is 3.53. The zero-order valence-corrected chi connectivity index (χ0v) is 17.7. The van der Waals surface area contributed by atoms with Crippen molar-refractivity contribution in [1.29, 1.82) is 0 Å². The maximum atomic E-state index is 12.7. The van der Waals surface area contributed by atoms with Gasteiger partial charge in [0.2, 0.25) is 11.8 Å². The molecule has 2 aromatic rings. The Balaban J connectivity index is 1.46. The fraction of sp³-hybridized carbons (Fsp3) is 0.364. The van der Waals surface area contributed by atoms with Gasteiger partial charge in [-0.15, -0.1) is 0 Å². The van der Waals surface area contributed by atoms with Gasteiger partial charge in [0.25, 0.3) is 10.0 Å². The van der Waals surface area contributed by atoms with Gasteiger partial charge in [-0.3, -0.25) is 14.3 Å². The number of fused-ring (bicyclic) bond motifs is 1. The Morgan fingerprint density at radius 1 is 1.07 bits per heavy atom. The van der Waals surface area contributed by atoms with Crippen molar-refractivity contribution in [2.45, 2.75) is 43.9 Å². The molecule has 1 saturated carbocycles. The lowest BCUT2D eigenvalue weighted by Gasteiger charge is -2.17. The minimum atomic E-state index is -3.76. The Morgan fingerprint density at radius 3 is 2.43 bits per heavy atom. The molecular formula is C22H25N3O4S. The molecule has 1 aliphatic heterocycles. The first-order chi connectivity index (χ1) is 14.4. The number of anilines is 3. The number of benzene rings is 2. The largest absolute Gasteiger partial charge is 0.326 e. The zero-order chi connectivity index (χ0) is 21.3. The Labute approximate surface area is 176 Å². The van der Waals surface area contributed by atoms with Gasteiger partial charge in [0.15, 0.2) is 0 Å². The van der Waals surface area contributed by atoms with Crippen molar-refractivity contribution in [3.8, 4) is 0 Å². The van der Waals surface area contributed by atoms with Crippen LogP contribution in [0.15, 0.2) is 47.4 Å². The van der Waals surface area contributed by atoms with E-state index in [4.69, 9.17) is 0 Å². The fourth-order valence-electron chi connectivity index (χ4n) is 3.63. The van der Waals surface area contributed by atoms with Crippen LogP contribution in [0.25, 0.3) is 0 Å². The van der Waals surface area contributed by atoms with E-state index in [2.05, 4.69) is 10.0 Å². The van der Waals surface area contributed by atoms with Crippen LogP contribution in [-0.2, 0) is 26.0 Å². The van der Waals surface area contributed by atoms with Gasteiger partial charge in [-0.1, -0.05) is 6.92 Å². The summed E-state index contributed by atoms with van der Waals surface area (Å²) in [6, 6.07) is 11.4. The predicted molar refractivity (Wildman–Crippen MR) is 116 cm³/mol. The molecule has 1 fully saturated rings. The Kier molecular flexibility index (Phi) is 5.51. The highest BCUT2D eigenvalue weighted by Gasteiger charge is 2.36. The Hall–Kier alpha value is -2.87. The normalized spacial score (nSPS) is 15.6. The summed E-state index contributed by atoms with van der Waals surface area (Å²) in [6.45, 7) is 2.56. The molecule has 2 amide bonds. The highest BCUT2D eigenvalue weighted by atomic mass is 32.2. The average molecular weight is 428 g/mol. The fourth-order valence-corrected chi connectivity index (χ4v) is 4.68. The van der Waals surface area contributed by atoms with Crippen molar-refractivity contribution in [2.75, 3.05) is 21.5 Å². The molecular weight excluding hydrogens is 402 g/mol. The first-order valence-corrected chi connectivity index (χ1v) is 11.7. The molecule has 1 aliphatic carbocycles. The highest BCUT2D eigenvalue weighted by Crippen LogP contribution is 2.37. The van der Waals surface area contributed by atoms with Gasteiger partial charge in [0.1, 0.15) is 0 Å². The van der Waals surface area contributed by atoms with Gasteiger partial charge in [0, 0.05) is 35.9 Å². The highest BCUT2D eigenvalue weighted by molar-refractivity contribution is 7.92. The van der Waals surface area contributed by atoms with E-state index in [9.17, 15) is 18.0 Å². The average Bonchev–Trinajstić information content (AvgIpc) is 3.47. The van der Waals surface area contributed by atoms with Gasteiger partial charge < -0.3 is 10.2 Å². The number of nitrogens with one attached hydrogen (secondary N) is 2. The third-order valence-corrected chi connectivity index (χ3v) is 6.74. The molecule has 0 unspecified atom stereocenters. The van der Waals surface area contributed by atoms with Crippen LogP contribution in [-0.4, -0.2) is 26.8 Å². The molecule has 0 saturated heterocycles. The molecule has 2 aromatic carbocycles. The number of nitrogens with zero attached hydrogens (tertiary/aromatic N) is 1. The lowest BCUT2D eigenvalue weighted by molar-refractivity contribution is -0.119. The molecule has 158 valence electrons. The van der Waals surface area contributed by atoms with Crippen LogP contribution in [0.4, 0.5) is 17.1 Å². The van der Waals surface area contributed by atoms with Crippen LogP contribution in [0.3, 0.4) is 0 Å². The summed E-state index contributed by atoms with van der Waals surface area (Å²) in [6.07, 6.45) is 3.81. The van der Waals surface area contributed by atoms with Crippen molar-refractivity contribution in [2.24, 2.45) is 5.92 Å². The van der Waals surface area contributed by atoms with Crippen LogP contribution in [0.5, 0.6) is 0 Å². The van der Waals surface area contributed by atoms with Gasteiger partial charge in [-0.05, 0) is 73.7 Å². The molecule has 2 aliphatic rings. The number of amides is 2. The summed E-state index contributed by atoms with van der Waals surface area (Å²) < 4.78 is 28.1. The molecule has 7 nitrogen and oxygen atoms in total. The van der Waals surface area contributed by atoms with Crippen LogP contribution < -0.4 is 14.9 Å². The van der Waals surface area contributed by atoms with Crippen molar-refractivity contribution in [3.05, 3.63) is 48.0 Å². The third kappa shape index (κ3) is 4.33. The number of hydrogen-bond acceptors (Lipinski definition) is 4. The minimum absolute atomic E-state index is 0.0985. The van der Waals surface area contributed by atoms with E-state index >= 15 is 0 Å². The quantitative estimate of drug-likeness (QED) is 0.707. The minimum Gasteiger partial charge on any atom is -0.326 e. The molecule has 4 rings (SSSR count). The summed E-state index contributed by atoms with van der Waals surface area (Å²) in [5.41, 5.74) is 2.88. The second-order valence-corrected chi connectivity index (χ2v) is 9.47. The second-order valence-electron chi connectivity index (χ2n) is 7.79. The topological polar surface area (TPSA) is 95.6 Å². The standard InChI is InChI=1S/C22H25N3O4S/c1-2-3-21(26)23-17-6-9-19(10-7-17)30(28,29)24-18-8-11-20-16(14-18)12-13-25(20)22(27)15-4-5-15/h6-11,14-15,24H,2-5,12-13H2,1H3,(H,23,26). The third-order valence-electron chi connectivity index (χ3n) is 5.35. The molecule has 8 heteroatoms. The van der Waals surface area contributed by atoms with Crippen LogP contribution in [0, 0.1) is 5.92 Å². The maximum absolute atomic E-state index is 12.7. The molecule has 30 heavy (non-hydrogen) atoms. The summed E-state index contributed by atoms with van der Waals surface area (Å²) >= 11 is 0. The Bertz CT molecular complexity index is 1080. The molecule has 1 heterocycles. The van der Waals surface area contributed by atoms with E-state index < -0.39 is 10.0 Å². The second kappa shape index (κ2) is 8.10. The van der Waals surface area contributed by atoms with Crippen LogP contribution in [0.2, 0.25) is 0 Å². The van der Waals surface area contributed by atoms with E-state index in [1.807, 2.05) is 17.9 Å². The van der Waals surface area contributed by atoms with Crippen molar-refractivity contribution >= 4 is 38.9 Å². The SMILES string of the molecule is CCCC(=O)Nc1ccc(S(=O)(=O)Nc2ccc3c(c2)CCN3C(=O)C2CC2)cc1. The van der Waals surface area contributed by atoms with E-state index in [1.165, 1.54) is 12.1 Å². The summed E-state index contributed by atoms with van der Waals surface area (Å²) in [4.78, 5) is 26.0. The lowest BCUT2D eigenvalue weighted by Crippen LogP contribution is -2.30. The molecule has 0 spiro atoms. The number of rotatable bonds is 7. The molecule has 0 radical (unpaired) electrons. The van der Waals surface area contributed by atoms with Crippen LogP contribution >= 0.6 is 0 Å². The summed E-state index contributed by atoms with van der Waals surface area (Å²) in [5.74, 6) is 0.232. The van der Waals surface area contributed by atoms with Crippen molar-refractivity contribution < 1.29 is 18.0 Å².